The van der Waals surface area contributed by atoms with Gasteiger partial charge in [-0.05, 0) is 30.2 Å². The number of carbonyl (C=O) groups is 1. The fourth-order valence-electron chi connectivity index (χ4n) is 1.09. The summed E-state index contributed by atoms with van der Waals surface area (Å²) in [5.74, 6) is -0.290. The minimum absolute atomic E-state index is 0. The van der Waals surface area contributed by atoms with Gasteiger partial charge in [-0.3, -0.25) is 0 Å². The number of esters is 1. The van der Waals surface area contributed by atoms with Crippen molar-refractivity contribution >= 4 is 21.9 Å². The Bertz CT molecular complexity index is 326. The molecule has 0 heterocycles. The van der Waals surface area contributed by atoms with Crippen LogP contribution in [-0.2, 0) is 11.2 Å². The molecule has 15 heavy (non-hydrogen) atoms. The van der Waals surface area contributed by atoms with Crippen LogP contribution in [0.25, 0.3) is 0 Å². The first-order chi connectivity index (χ1) is 6.19. The summed E-state index contributed by atoms with van der Waals surface area (Å²) >= 11 is 3.41. The average Bonchev–Trinajstić information content (AvgIpc) is 2.17. The van der Waals surface area contributed by atoms with Gasteiger partial charge in [0, 0.05) is 4.47 Å². The van der Waals surface area contributed by atoms with E-state index in [0.29, 0.717) is 5.56 Å². The molecular formula is C11H14BrLiO2. The normalized spacial score (nSPS) is 8.47. The van der Waals surface area contributed by atoms with Gasteiger partial charge in [-0.2, -0.15) is 0 Å². The van der Waals surface area contributed by atoms with Gasteiger partial charge in [0.25, 0.3) is 0 Å². The second-order valence-corrected chi connectivity index (χ2v) is 3.51. The smallest absolute Gasteiger partial charge is 0.465 e. The summed E-state index contributed by atoms with van der Waals surface area (Å²) < 4.78 is 5.65. The predicted octanol–water partition coefficient (Wildman–Crippen LogP) is 0.252. The summed E-state index contributed by atoms with van der Waals surface area (Å²) in [7, 11) is 1.38. The predicted molar refractivity (Wildman–Crippen MR) is 61.3 cm³/mol. The van der Waals surface area contributed by atoms with Gasteiger partial charge in [0.1, 0.15) is 0 Å². The summed E-state index contributed by atoms with van der Waals surface area (Å²) in [5, 5.41) is 0. The fraction of sp³-hybridized carbons (Fsp3) is 0.273. The number of hydrogen-bond acceptors (Lipinski definition) is 2. The van der Waals surface area contributed by atoms with E-state index in [0.717, 1.165) is 16.5 Å². The molecule has 0 spiro atoms. The van der Waals surface area contributed by atoms with Crippen molar-refractivity contribution in [1.82, 2.24) is 0 Å². The van der Waals surface area contributed by atoms with E-state index in [9.17, 15) is 4.79 Å². The number of aryl methyl sites for hydroxylation is 1. The maximum atomic E-state index is 11.2. The van der Waals surface area contributed by atoms with Gasteiger partial charge in [-0.1, -0.05) is 22.9 Å². The second-order valence-electron chi connectivity index (χ2n) is 2.65. The number of benzene rings is 1. The SMILES string of the molecule is CCc1cc(C(=O)OC)ccc1Br.[CH3-].[Li+]. The molecule has 0 aliphatic rings. The number of halogens is 1. The molecule has 0 aromatic heterocycles. The Balaban J connectivity index is 0. The van der Waals surface area contributed by atoms with E-state index in [1.165, 1.54) is 7.11 Å². The molecule has 0 N–H and O–H groups in total. The molecular weight excluding hydrogens is 251 g/mol. The monoisotopic (exact) mass is 264 g/mol. The Morgan fingerprint density at radius 2 is 2.07 bits per heavy atom. The number of rotatable bonds is 2. The van der Waals surface area contributed by atoms with Crippen LogP contribution in [0.3, 0.4) is 0 Å². The van der Waals surface area contributed by atoms with Crippen LogP contribution in [-0.4, -0.2) is 13.1 Å². The fourth-order valence-corrected chi connectivity index (χ4v) is 1.62. The van der Waals surface area contributed by atoms with E-state index in [4.69, 9.17) is 0 Å². The Kier molecular flexibility index (Phi) is 9.14. The molecule has 1 rings (SSSR count). The molecule has 0 amide bonds. The van der Waals surface area contributed by atoms with Crippen LogP contribution in [0.4, 0.5) is 0 Å². The van der Waals surface area contributed by atoms with E-state index in [1.807, 2.05) is 19.1 Å². The molecule has 0 atom stereocenters. The minimum atomic E-state index is -0.290. The maximum absolute atomic E-state index is 11.2. The molecule has 0 saturated heterocycles. The van der Waals surface area contributed by atoms with Crippen molar-refractivity contribution < 1.29 is 28.4 Å². The Hall–Kier alpha value is -0.233. The van der Waals surface area contributed by atoms with Gasteiger partial charge in [-0.25, -0.2) is 4.79 Å². The van der Waals surface area contributed by atoms with Crippen LogP contribution in [0.2, 0.25) is 0 Å². The van der Waals surface area contributed by atoms with Gasteiger partial charge in [0.15, 0.2) is 0 Å². The second kappa shape index (κ2) is 7.98. The molecule has 78 valence electrons. The van der Waals surface area contributed by atoms with E-state index < -0.39 is 0 Å². The average molecular weight is 265 g/mol. The van der Waals surface area contributed by atoms with Gasteiger partial charge < -0.3 is 12.2 Å². The Labute approximate surface area is 112 Å². The summed E-state index contributed by atoms with van der Waals surface area (Å²) in [6, 6.07) is 5.45. The van der Waals surface area contributed by atoms with Crippen LogP contribution in [0, 0.1) is 7.43 Å². The van der Waals surface area contributed by atoms with Gasteiger partial charge in [-0.15, -0.1) is 0 Å². The van der Waals surface area contributed by atoms with Crippen molar-refractivity contribution in [2.75, 3.05) is 7.11 Å². The molecule has 0 aliphatic carbocycles. The van der Waals surface area contributed by atoms with E-state index in [1.54, 1.807) is 6.07 Å². The third-order valence-electron chi connectivity index (χ3n) is 1.85. The molecule has 0 fully saturated rings. The summed E-state index contributed by atoms with van der Waals surface area (Å²) in [4.78, 5) is 11.2. The minimum Gasteiger partial charge on any atom is -0.465 e. The first kappa shape index (κ1) is 17.2. The third-order valence-corrected chi connectivity index (χ3v) is 2.62. The van der Waals surface area contributed by atoms with Crippen molar-refractivity contribution in [2.45, 2.75) is 13.3 Å². The molecule has 0 bridgehead atoms. The molecule has 0 saturated carbocycles. The number of methoxy groups -OCH3 is 1. The molecule has 0 unspecified atom stereocenters. The third kappa shape index (κ3) is 4.42. The maximum Gasteiger partial charge on any atom is 1.00 e. The van der Waals surface area contributed by atoms with Crippen molar-refractivity contribution in [2.24, 2.45) is 0 Å². The van der Waals surface area contributed by atoms with Crippen molar-refractivity contribution in [3.8, 4) is 0 Å². The van der Waals surface area contributed by atoms with Gasteiger partial charge >= 0.3 is 24.8 Å². The Morgan fingerprint density at radius 3 is 2.53 bits per heavy atom. The number of hydrogen-bond donors (Lipinski definition) is 0. The van der Waals surface area contributed by atoms with Crippen LogP contribution < -0.4 is 18.9 Å². The first-order valence-electron chi connectivity index (χ1n) is 4.05. The zero-order valence-corrected chi connectivity index (χ0v) is 11.2. The summed E-state index contributed by atoms with van der Waals surface area (Å²) in [5.41, 5.74) is 1.71. The number of ether oxygens (including phenoxy) is 1. The van der Waals surface area contributed by atoms with Crippen molar-refractivity contribution in [1.29, 1.82) is 0 Å². The van der Waals surface area contributed by atoms with E-state index >= 15 is 0 Å². The van der Waals surface area contributed by atoms with Gasteiger partial charge in [0.2, 0.25) is 0 Å². The Morgan fingerprint density at radius 1 is 1.47 bits per heavy atom. The van der Waals surface area contributed by atoms with Crippen LogP contribution in [0.5, 0.6) is 0 Å². The summed E-state index contributed by atoms with van der Waals surface area (Å²) in [6.45, 7) is 2.04. The molecule has 1 aromatic rings. The zero-order chi connectivity index (χ0) is 9.84. The standard InChI is InChI=1S/C10H11BrO2.CH3.Li/c1-3-7-6-8(10(12)13-2)4-5-9(7)11;;/h4-6H,3H2,1-2H3;1H3;/q;-1;+1. The van der Waals surface area contributed by atoms with Gasteiger partial charge in [0.05, 0.1) is 12.7 Å². The van der Waals surface area contributed by atoms with Crippen LogP contribution >= 0.6 is 15.9 Å². The first-order valence-corrected chi connectivity index (χ1v) is 4.85. The molecule has 0 aliphatic heterocycles. The summed E-state index contributed by atoms with van der Waals surface area (Å²) in [6.07, 6.45) is 0.894. The topological polar surface area (TPSA) is 26.3 Å². The molecule has 1 aromatic carbocycles. The van der Waals surface area contributed by atoms with Crippen molar-refractivity contribution in [3.05, 3.63) is 41.2 Å². The van der Waals surface area contributed by atoms with Crippen molar-refractivity contribution in [3.63, 3.8) is 0 Å². The molecule has 2 nitrogen and oxygen atoms in total. The molecule has 4 heteroatoms. The van der Waals surface area contributed by atoms with Crippen LogP contribution in [0.1, 0.15) is 22.8 Å². The number of carbonyl (C=O) groups excluding carboxylic acids is 1. The largest absolute Gasteiger partial charge is 1.00 e. The zero-order valence-electron chi connectivity index (χ0n) is 9.63. The van der Waals surface area contributed by atoms with E-state index in [2.05, 4.69) is 20.7 Å². The quantitative estimate of drug-likeness (QED) is 0.435. The van der Waals surface area contributed by atoms with E-state index in [-0.39, 0.29) is 32.3 Å². The van der Waals surface area contributed by atoms with Crippen LogP contribution in [0.15, 0.2) is 22.7 Å². The molecule has 0 radical (unpaired) electrons.